The Bertz CT molecular complexity index is 801. The summed E-state index contributed by atoms with van der Waals surface area (Å²) in [5.74, 6) is 0.255. The van der Waals surface area contributed by atoms with Gasteiger partial charge in [0.05, 0.1) is 6.61 Å². The van der Waals surface area contributed by atoms with E-state index < -0.39 is 5.97 Å². The second-order valence-corrected chi connectivity index (χ2v) is 11.0. The van der Waals surface area contributed by atoms with Crippen LogP contribution in [0.25, 0.3) is 0 Å². The van der Waals surface area contributed by atoms with Gasteiger partial charge in [0, 0.05) is 25.1 Å². The number of hydrogen-bond donors (Lipinski definition) is 1. The molecule has 5 atom stereocenters. The van der Waals surface area contributed by atoms with E-state index in [4.69, 9.17) is 9.84 Å². The lowest BCUT2D eigenvalue weighted by Crippen LogP contribution is -2.58. The van der Waals surface area contributed by atoms with E-state index in [9.17, 15) is 9.59 Å². The van der Waals surface area contributed by atoms with E-state index in [1.807, 2.05) is 11.1 Å². The van der Waals surface area contributed by atoms with Crippen molar-refractivity contribution in [3.05, 3.63) is 23.4 Å². The third-order valence-corrected chi connectivity index (χ3v) is 9.14. The zero-order valence-corrected chi connectivity index (χ0v) is 19.0. The molecule has 0 aromatic rings. The number of ether oxygens (including phenoxy) is 1. The summed E-state index contributed by atoms with van der Waals surface area (Å²) in [4.78, 5) is 24.6. The maximum Gasteiger partial charge on any atom is 0.323 e. The number of aliphatic carboxylic acids is 1. The monoisotopic (exact) mass is 415 g/mol. The molecule has 0 saturated heterocycles. The van der Waals surface area contributed by atoms with Crippen LogP contribution >= 0.6 is 0 Å². The van der Waals surface area contributed by atoms with Crippen molar-refractivity contribution < 1.29 is 19.4 Å². The highest BCUT2D eigenvalue weighted by Gasteiger charge is 2.61. The van der Waals surface area contributed by atoms with Gasteiger partial charge in [-0.25, -0.2) is 0 Å². The molecule has 2 fully saturated rings. The van der Waals surface area contributed by atoms with Crippen molar-refractivity contribution in [2.45, 2.75) is 72.6 Å². The number of allylic oxidation sites excluding steroid dienone is 2. The fourth-order valence-electron chi connectivity index (χ4n) is 7.96. The molecule has 1 N–H and O–H groups in total. The average Bonchev–Trinajstić information content (AvgIpc) is 2.65. The van der Waals surface area contributed by atoms with Crippen molar-refractivity contribution in [2.75, 3.05) is 19.7 Å². The lowest BCUT2D eigenvalue weighted by Gasteiger charge is -2.65. The summed E-state index contributed by atoms with van der Waals surface area (Å²) >= 11 is 0. The zero-order chi connectivity index (χ0) is 21.7. The van der Waals surface area contributed by atoms with Gasteiger partial charge in [-0.3, -0.25) is 9.59 Å². The molecule has 2 unspecified atom stereocenters. The van der Waals surface area contributed by atoms with Gasteiger partial charge in [0.25, 0.3) is 0 Å². The standard InChI is InChI=1S/C25H37NO4/c1-17(27)30-16-23(2)10-5-11-25(4)20(23)8-12-24(3)19-9-13-26(15-22(28)29)14-18(19)6-7-21(24)25/h9,13,20-21H,5-8,10-12,14-16H2,1-4H3,(H,28,29)/t20?,21?,23-,24+,25+/m1/s1. The highest BCUT2D eigenvalue weighted by Crippen LogP contribution is 2.68. The first-order chi connectivity index (χ1) is 14.1. The normalized spacial score (nSPS) is 40.3. The number of nitrogens with zero attached hydrogens (tertiary/aromatic N) is 1. The lowest BCUT2D eigenvalue weighted by atomic mass is 9.40. The van der Waals surface area contributed by atoms with Gasteiger partial charge in [-0.2, -0.15) is 0 Å². The minimum absolute atomic E-state index is 0.0648. The largest absolute Gasteiger partial charge is 0.480 e. The molecule has 1 aliphatic heterocycles. The van der Waals surface area contributed by atoms with Crippen LogP contribution in [-0.4, -0.2) is 41.6 Å². The van der Waals surface area contributed by atoms with Crippen molar-refractivity contribution >= 4 is 11.9 Å². The van der Waals surface area contributed by atoms with Gasteiger partial charge in [0.2, 0.25) is 0 Å². The Morgan fingerprint density at radius 3 is 2.63 bits per heavy atom. The minimum atomic E-state index is -0.772. The predicted octanol–water partition coefficient (Wildman–Crippen LogP) is 4.78. The number of esters is 1. The molecule has 0 bridgehead atoms. The van der Waals surface area contributed by atoms with Crippen LogP contribution in [0.15, 0.2) is 23.4 Å². The fourth-order valence-corrected chi connectivity index (χ4v) is 7.96. The van der Waals surface area contributed by atoms with Crippen molar-refractivity contribution in [2.24, 2.45) is 28.1 Å². The lowest BCUT2D eigenvalue weighted by molar-refractivity contribution is -0.164. The maximum atomic E-state index is 11.5. The molecule has 0 amide bonds. The summed E-state index contributed by atoms with van der Waals surface area (Å²) in [7, 11) is 0. The highest BCUT2D eigenvalue weighted by atomic mass is 16.5. The predicted molar refractivity (Wildman–Crippen MR) is 116 cm³/mol. The smallest absolute Gasteiger partial charge is 0.323 e. The molecule has 5 nitrogen and oxygen atoms in total. The minimum Gasteiger partial charge on any atom is -0.480 e. The van der Waals surface area contributed by atoms with E-state index in [1.165, 1.54) is 43.8 Å². The van der Waals surface area contributed by atoms with Gasteiger partial charge in [-0.15, -0.1) is 0 Å². The van der Waals surface area contributed by atoms with E-state index in [1.54, 1.807) is 0 Å². The molecule has 3 aliphatic carbocycles. The third-order valence-electron chi connectivity index (χ3n) is 9.14. The van der Waals surface area contributed by atoms with Crippen LogP contribution in [0.3, 0.4) is 0 Å². The van der Waals surface area contributed by atoms with Gasteiger partial charge < -0.3 is 14.7 Å². The van der Waals surface area contributed by atoms with Crippen LogP contribution in [0.1, 0.15) is 72.6 Å². The quantitative estimate of drug-likeness (QED) is 0.669. The summed E-state index contributed by atoms with van der Waals surface area (Å²) in [5, 5.41) is 9.17. The Morgan fingerprint density at radius 2 is 1.93 bits per heavy atom. The topological polar surface area (TPSA) is 66.8 Å². The molecule has 166 valence electrons. The van der Waals surface area contributed by atoms with Crippen LogP contribution in [0, 0.1) is 28.1 Å². The molecule has 0 aromatic carbocycles. The van der Waals surface area contributed by atoms with E-state index in [2.05, 4.69) is 26.8 Å². The van der Waals surface area contributed by atoms with Crippen LogP contribution in [0.2, 0.25) is 0 Å². The second kappa shape index (κ2) is 7.42. The van der Waals surface area contributed by atoms with E-state index in [0.29, 0.717) is 18.4 Å². The molecule has 5 heteroatoms. The van der Waals surface area contributed by atoms with Gasteiger partial charge >= 0.3 is 11.9 Å². The number of hydrogen-bond acceptors (Lipinski definition) is 4. The van der Waals surface area contributed by atoms with E-state index in [0.717, 1.165) is 25.8 Å². The first kappa shape index (κ1) is 21.5. The Kier molecular flexibility index (Phi) is 5.31. The first-order valence-corrected chi connectivity index (χ1v) is 11.6. The molecular formula is C25H37NO4. The zero-order valence-electron chi connectivity index (χ0n) is 19.0. The van der Waals surface area contributed by atoms with Crippen LogP contribution in [0.5, 0.6) is 0 Å². The number of carboxylic acid groups (broad SMARTS) is 1. The summed E-state index contributed by atoms with van der Waals surface area (Å²) < 4.78 is 5.56. The van der Waals surface area contributed by atoms with Crippen molar-refractivity contribution in [3.8, 4) is 0 Å². The Hall–Kier alpha value is -1.78. The second-order valence-electron chi connectivity index (χ2n) is 11.0. The van der Waals surface area contributed by atoms with Gasteiger partial charge in [0.15, 0.2) is 0 Å². The summed E-state index contributed by atoms with van der Waals surface area (Å²) in [6.07, 6.45) is 12.4. The molecule has 0 radical (unpaired) electrons. The molecule has 1 heterocycles. The average molecular weight is 416 g/mol. The molecule has 4 aliphatic rings. The summed E-state index contributed by atoms with van der Waals surface area (Å²) in [6, 6.07) is 0. The highest BCUT2D eigenvalue weighted by molar-refractivity contribution is 5.69. The first-order valence-electron chi connectivity index (χ1n) is 11.6. The molecule has 4 rings (SSSR count). The molecule has 0 spiro atoms. The third kappa shape index (κ3) is 3.38. The Balaban J connectivity index is 1.61. The van der Waals surface area contributed by atoms with Gasteiger partial charge in [-0.05, 0) is 78.4 Å². The van der Waals surface area contributed by atoms with Crippen LogP contribution < -0.4 is 0 Å². The van der Waals surface area contributed by atoms with Crippen LogP contribution in [0.4, 0.5) is 0 Å². The number of fused-ring (bicyclic) bond motifs is 4. The van der Waals surface area contributed by atoms with Crippen molar-refractivity contribution in [1.82, 2.24) is 4.90 Å². The number of carbonyl (C=O) groups excluding carboxylic acids is 1. The van der Waals surface area contributed by atoms with Crippen molar-refractivity contribution in [1.29, 1.82) is 0 Å². The number of carbonyl (C=O) groups is 2. The Labute approximate surface area is 180 Å². The SMILES string of the molecule is CC(=O)OC[C@@]1(C)CCC[C@@]2(C)C1CC[C@@]1(C)C3=C(CCC21)CN(CC(=O)O)C=C3. The maximum absolute atomic E-state index is 11.5. The van der Waals surface area contributed by atoms with Crippen LogP contribution in [-0.2, 0) is 14.3 Å². The van der Waals surface area contributed by atoms with E-state index in [-0.39, 0.29) is 28.8 Å². The Morgan fingerprint density at radius 1 is 1.17 bits per heavy atom. The van der Waals surface area contributed by atoms with Crippen molar-refractivity contribution in [3.63, 3.8) is 0 Å². The van der Waals surface area contributed by atoms with Gasteiger partial charge in [-0.1, -0.05) is 27.2 Å². The van der Waals surface area contributed by atoms with E-state index >= 15 is 0 Å². The number of carboxylic acids is 1. The summed E-state index contributed by atoms with van der Waals surface area (Å²) in [6.45, 7) is 10.2. The molecular weight excluding hydrogens is 378 g/mol. The molecule has 2 saturated carbocycles. The molecule has 30 heavy (non-hydrogen) atoms. The van der Waals surface area contributed by atoms with Gasteiger partial charge in [0.1, 0.15) is 6.54 Å². The fraction of sp³-hybridized carbons (Fsp3) is 0.760. The molecule has 0 aromatic heterocycles. The summed E-state index contributed by atoms with van der Waals surface area (Å²) in [5.41, 5.74) is 3.40. The number of rotatable bonds is 4.